The van der Waals surface area contributed by atoms with Gasteiger partial charge in [-0.3, -0.25) is 4.79 Å². The Morgan fingerprint density at radius 2 is 2.06 bits per heavy atom. The molecule has 0 aromatic heterocycles. The monoisotopic (exact) mass is 246 g/mol. The summed E-state index contributed by atoms with van der Waals surface area (Å²) in [5, 5.41) is 3.27. The summed E-state index contributed by atoms with van der Waals surface area (Å²) in [6, 6.07) is 0. The average molecular weight is 247 g/mol. The number of rotatable bonds is 1. The van der Waals surface area contributed by atoms with Crippen LogP contribution in [0.5, 0.6) is 0 Å². The molecule has 0 aliphatic carbocycles. The van der Waals surface area contributed by atoms with E-state index in [0.29, 0.717) is 5.91 Å². The highest BCUT2D eigenvalue weighted by atomic mass is 35.5. The summed E-state index contributed by atoms with van der Waals surface area (Å²) < 4.78 is 0. The third-order valence-electron chi connectivity index (χ3n) is 3.74. The van der Waals surface area contributed by atoms with E-state index in [1.54, 1.807) is 0 Å². The minimum absolute atomic E-state index is 0. The van der Waals surface area contributed by atoms with Crippen molar-refractivity contribution < 1.29 is 4.79 Å². The summed E-state index contributed by atoms with van der Waals surface area (Å²) >= 11 is 0. The molecular weight excluding hydrogens is 224 g/mol. The second-order valence-corrected chi connectivity index (χ2v) is 5.05. The van der Waals surface area contributed by atoms with Crippen LogP contribution in [0, 0.1) is 11.8 Å². The number of carbonyl (C=O) groups excluding carboxylic acids is 1. The van der Waals surface area contributed by atoms with Gasteiger partial charge in [0.05, 0.1) is 5.92 Å². The van der Waals surface area contributed by atoms with Gasteiger partial charge in [0, 0.05) is 19.6 Å². The van der Waals surface area contributed by atoms with Crippen molar-refractivity contribution in [2.75, 3.05) is 26.2 Å². The molecule has 16 heavy (non-hydrogen) atoms. The summed E-state index contributed by atoms with van der Waals surface area (Å²) in [5.41, 5.74) is 0. The van der Waals surface area contributed by atoms with Crippen LogP contribution in [0.15, 0.2) is 0 Å². The second kappa shape index (κ2) is 6.45. The lowest BCUT2D eigenvalue weighted by Crippen LogP contribution is -2.37. The minimum Gasteiger partial charge on any atom is -0.342 e. The molecule has 2 heterocycles. The molecule has 0 radical (unpaired) electrons. The van der Waals surface area contributed by atoms with Crippen LogP contribution in [0.25, 0.3) is 0 Å². The van der Waals surface area contributed by atoms with Gasteiger partial charge in [0.2, 0.25) is 5.91 Å². The Balaban J connectivity index is 0.00000128. The Morgan fingerprint density at radius 1 is 1.25 bits per heavy atom. The van der Waals surface area contributed by atoms with Crippen LogP contribution in [0.2, 0.25) is 0 Å². The Bertz CT molecular complexity index is 229. The fraction of sp³-hybridized carbons (Fsp3) is 0.917. The Kier molecular flexibility index (Phi) is 5.56. The molecule has 1 amide bonds. The van der Waals surface area contributed by atoms with Gasteiger partial charge in [-0.25, -0.2) is 0 Å². The van der Waals surface area contributed by atoms with E-state index in [1.165, 1.54) is 19.3 Å². The molecule has 94 valence electrons. The predicted molar refractivity (Wildman–Crippen MR) is 67.8 cm³/mol. The van der Waals surface area contributed by atoms with Crippen molar-refractivity contribution in [1.29, 1.82) is 0 Å². The highest BCUT2D eigenvalue weighted by Crippen LogP contribution is 2.19. The zero-order valence-corrected chi connectivity index (χ0v) is 10.9. The number of carbonyl (C=O) groups is 1. The molecule has 2 unspecified atom stereocenters. The Hall–Kier alpha value is -0.280. The largest absolute Gasteiger partial charge is 0.342 e. The molecule has 0 spiro atoms. The molecule has 2 saturated heterocycles. The van der Waals surface area contributed by atoms with Crippen molar-refractivity contribution in [3.05, 3.63) is 0 Å². The lowest BCUT2D eigenvalue weighted by atomic mass is 10.0. The summed E-state index contributed by atoms with van der Waals surface area (Å²) in [6.07, 6.45) is 4.69. The number of nitrogens with one attached hydrogen (secondary N) is 1. The first-order valence-electron chi connectivity index (χ1n) is 6.27. The molecular formula is C12H23ClN2O. The molecule has 0 bridgehead atoms. The van der Waals surface area contributed by atoms with E-state index in [4.69, 9.17) is 0 Å². The van der Waals surface area contributed by atoms with Gasteiger partial charge >= 0.3 is 0 Å². The standard InChI is InChI=1S/C12H22N2O.ClH/c1-10-3-2-7-14(8-5-10)12(15)11-4-6-13-9-11;/h10-11,13H,2-9H2,1H3;1H. The van der Waals surface area contributed by atoms with E-state index < -0.39 is 0 Å². The van der Waals surface area contributed by atoms with Gasteiger partial charge in [-0.15, -0.1) is 12.4 Å². The Morgan fingerprint density at radius 3 is 2.75 bits per heavy atom. The summed E-state index contributed by atoms with van der Waals surface area (Å²) in [7, 11) is 0. The molecule has 0 saturated carbocycles. The highest BCUT2D eigenvalue weighted by molar-refractivity contribution is 5.85. The maximum absolute atomic E-state index is 12.1. The van der Waals surface area contributed by atoms with Gasteiger partial charge < -0.3 is 10.2 Å². The summed E-state index contributed by atoms with van der Waals surface area (Å²) in [4.78, 5) is 14.2. The number of amides is 1. The molecule has 2 aliphatic rings. The van der Waals surface area contributed by atoms with Crippen molar-refractivity contribution in [1.82, 2.24) is 10.2 Å². The first-order chi connectivity index (χ1) is 7.27. The highest BCUT2D eigenvalue weighted by Gasteiger charge is 2.27. The van der Waals surface area contributed by atoms with Gasteiger partial charge in [0.1, 0.15) is 0 Å². The fourth-order valence-corrected chi connectivity index (χ4v) is 2.61. The van der Waals surface area contributed by atoms with E-state index >= 15 is 0 Å². The SMILES string of the molecule is CC1CCCN(C(=O)C2CCNC2)CC1.Cl. The average Bonchev–Trinajstić information content (AvgIpc) is 2.67. The van der Waals surface area contributed by atoms with Crippen molar-refractivity contribution in [3.8, 4) is 0 Å². The zero-order chi connectivity index (χ0) is 10.7. The fourth-order valence-electron chi connectivity index (χ4n) is 2.61. The Labute approximate surface area is 104 Å². The van der Waals surface area contributed by atoms with Crippen molar-refractivity contribution in [2.24, 2.45) is 11.8 Å². The molecule has 0 aromatic rings. The third kappa shape index (κ3) is 3.36. The molecule has 1 N–H and O–H groups in total. The van der Waals surface area contributed by atoms with Gasteiger partial charge in [0.15, 0.2) is 0 Å². The normalized spacial score (nSPS) is 30.7. The molecule has 0 aromatic carbocycles. The van der Waals surface area contributed by atoms with Crippen LogP contribution in [-0.4, -0.2) is 37.0 Å². The predicted octanol–water partition coefficient (Wildman–Crippen LogP) is 1.67. The maximum Gasteiger partial charge on any atom is 0.227 e. The van der Waals surface area contributed by atoms with E-state index in [2.05, 4.69) is 17.1 Å². The van der Waals surface area contributed by atoms with Crippen LogP contribution < -0.4 is 5.32 Å². The van der Waals surface area contributed by atoms with Crippen molar-refractivity contribution >= 4 is 18.3 Å². The number of nitrogens with zero attached hydrogens (tertiary/aromatic N) is 1. The molecule has 2 fully saturated rings. The quantitative estimate of drug-likeness (QED) is 0.764. The number of likely N-dealkylation sites (tertiary alicyclic amines) is 1. The van der Waals surface area contributed by atoms with Gasteiger partial charge in [0.25, 0.3) is 0 Å². The zero-order valence-electron chi connectivity index (χ0n) is 10.1. The van der Waals surface area contributed by atoms with E-state index in [-0.39, 0.29) is 18.3 Å². The van der Waals surface area contributed by atoms with Crippen LogP contribution in [0.1, 0.15) is 32.6 Å². The van der Waals surface area contributed by atoms with E-state index in [9.17, 15) is 4.79 Å². The number of hydrogen-bond acceptors (Lipinski definition) is 2. The van der Waals surface area contributed by atoms with Crippen LogP contribution in [0.3, 0.4) is 0 Å². The first kappa shape index (κ1) is 13.8. The second-order valence-electron chi connectivity index (χ2n) is 5.05. The van der Waals surface area contributed by atoms with Gasteiger partial charge in [-0.05, 0) is 38.1 Å². The molecule has 2 aliphatic heterocycles. The minimum atomic E-state index is 0. The topological polar surface area (TPSA) is 32.3 Å². The van der Waals surface area contributed by atoms with Crippen LogP contribution in [-0.2, 0) is 4.79 Å². The molecule has 2 atom stereocenters. The van der Waals surface area contributed by atoms with Gasteiger partial charge in [-0.1, -0.05) is 6.92 Å². The summed E-state index contributed by atoms with van der Waals surface area (Å²) in [5.74, 6) is 1.46. The van der Waals surface area contributed by atoms with Crippen molar-refractivity contribution in [3.63, 3.8) is 0 Å². The summed E-state index contributed by atoms with van der Waals surface area (Å²) in [6.45, 7) is 6.17. The van der Waals surface area contributed by atoms with Crippen LogP contribution in [0.4, 0.5) is 0 Å². The maximum atomic E-state index is 12.1. The van der Waals surface area contributed by atoms with Crippen molar-refractivity contribution in [2.45, 2.75) is 32.6 Å². The molecule has 3 nitrogen and oxygen atoms in total. The van der Waals surface area contributed by atoms with Gasteiger partial charge in [-0.2, -0.15) is 0 Å². The first-order valence-corrected chi connectivity index (χ1v) is 6.27. The van der Waals surface area contributed by atoms with E-state index in [0.717, 1.165) is 38.5 Å². The third-order valence-corrected chi connectivity index (χ3v) is 3.74. The van der Waals surface area contributed by atoms with Crippen LogP contribution >= 0.6 is 12.4 Å². The number of hydrogen-bond donors (Lipinski definition) is 1. The van der Waals surface area contributed by atoms with E-state index in [1.807, 2.05) is 0 Å². The smallest absolute Gasteiger partial charge is 0.227 e. The lowest BCUT2D eigenvalue weighted by molar-refractivity contribution is -0.134. The number of halogens is 1. The molecule has 2 rings (SSSR count). The lowest BCUT2D eigenvalue weighted by Gasteiger charge is -2.23. The molecule has 4 heteroatoms.